The van der Waals surface area contributed by atoms with E-state index >= 15 is 0 Å². The molecule has 4 aromatic rings. The summed E-state index contributed by atoms with van der Waals surface area (Å²) in [6.07, 6.45) is 5.05. The Morgan fingerprint density at radius 1 is 1.14 bits per heavy atom. The van der Waals surface area contributed by atoms with E-state index in [2.05, 4.69) is 50.2 Å². The molecule has 0 N–H and O–H groups in total. The van der Waals surface area contributed by atoms with Gasteiger partial charge in [-0.15, -0.1) is 0 Å². The summed E-state index contributed by atoms with van der Waals surface area (Å²) in [5.74, 6) is -0.135. The maximum absolute atomic E-state index is 13.1. The quantitative estimate of drug-likeness (QED) is 0.459. The Morgan fingerprint density at radius 2 is 1.90 bits per heavy atom. The minimum atomic E-state index is -0.135. The van der Waals surface area contributed by atoms with Crippen LogP contribution in [0.2, 0.25) is 0 Å². The van der Waals surface area contributed by atoms with E-state index in [1.807, 2.05) is 29.8 Å². The number of aromatic nitrogens is 5. The number of halogens is 1. The monoisotopic (exact) mass is 452 g/mol. The Balaban J connectivity index is 1.67. The molecule has 29 heavy (non-hydrogen) atoms. The van der Waals surface area contributed by atoms with Gasteiger partial charge in [0.05, 0.1) is 34.8 Å². The van der Waals surface area contributed by atoms with E-state index in [4.69, 9.17) is 0 Å². The molecule has 0 unspecified atom stereocenters. The molecule has 4 rings (SSSR count). The predicted octanol–water partition coefficient (Wildman–Crippen LogP) is 3.96. The van der Waals surface area contributed by atoms with E-state index in [0.29, 0.717) is 17.8 Å². The van der Waals surface area contributed by atoms with Crippen LogP contribution in [0.3, 0.4) is 0 Å². The van der Waals surface area contributed by atoms with E-state index in [1.165, 1.54) is 5.56 Å². The zero-order valence-corrected chi connectivity index (χ0v) is 18.1. The number of carbonyl (C=O) groups excluding carboxylic acids is 1. The van der Waals surface area contributed by atoms with Crippen molar-refractivity contribution in [2.24, 2.45) is 0 Å². The van der Waals surface area contributed by atoms with Crippen molar-refractivity contribution < 1.29 is 4.79 Å². The molecule has 0 fully saturated rings. The van der Waals surface area contributed by atoms with Gasteiger partial charge in [0, 0.05) is 25.4 Å². The summed E-state index contributed by atoms with van der Waals surface area (Å²) < 4.78 is 4.48. The van der Waals surface area contributed by atoms with Gasteiger partial charge in [-0.05, 0) is 35.8 Å². The van der Waals surface area contributed by atoms with Crippen LogP contribution in [-0.4, -0.2) is 42.2 Å². The smallest absolute Gasteiger partial charge is 0.259 e. The molecule has 0 atom stereocenters. The third-order valence-electron chi connectivity index (χ3n) is 4.91. The summed E-state index contributed by atoms with van der Waals surface area (Å²) in [5.41, 5.74) is 5.07. The summed E-state index contributed by atoms with van der Waals surface area (Å²) in [5, 5.41) is 8.76. The van der Waals surface area contributed by atoms with E-state index in [1.54, 1.807) is 35.1 Å². The van der Waals surface area contributed by atoms with Gasteiger partial charge in [0.1, 0.15) is 5.56 Å². The lowest BCUT2D eigenvalue weighted by molar-refractivity contribution is 0.0783. The molecular formula is C21H21BrN6O. The Labute approximate surface area is 177 Å². The van der Waals surface area contributed by atoms with Crippen LogP contribution < -0.4 is 0 Å². The van der Waals surface area contributed by atoms with E-state index in [-0.39, 0.29) is 5.91 Å². The molecule has 0 spiro atoms. The Hall–Kier alpha value is -3.00. The number of nitrogens with zero attached hydrogens (tertiary/aromatic N) is 6. The van der Waals surface area contributed by atoms with Gasteiger partial charge >= 0.3 is 0 Å². The van der Waals surface area contributed by atoms with Crippen molar-refractivity contribution in [1.29, 1.82) is 0 Å². The fourth-order valence-corrected chi connectivity index (χ4v) is 3.73. The van der Waals surface area contributed by atoms with Gasteiger partial charge in [-0.3, -0.25) is 9.48 Å². The first-order chi connectivity index (χ1) is 14.0. The Morgan fingerprint density at radius 3 is 2.62 bits per heavy atom. The summed E-state index contributed by atoms with van der Waals surface area (Å²) in [6.45, 7) is 5.24. The second kappa shape index (κ2) is 7.79. The molecule has 7 nitrogen and oxygen atoms in total. The first-order valence-electron chi connectivity index (χ1n) is 9.35. The third kappa shape index (κ3) is 3.55. The van der Waals surface area contributed by atoms with Crippen LogP contribution in [0.5, 0.6) is 0 Å². The van der Waals surface area contributed by atoms with Crippen molar-refractivity contribution in [3.8, 4) is 11.3 Å². The molecule has 1 aromatic carbocycles. The van der Waals surface area contributed by atoms with Crippen molar-refractivity contribution >= 4 is 27.5 Å². The van der Waals surface area contributed by atoms with Gasteiger partial charge in [-0.1, -0.05) is 29.8 Å². The second-order valence-electron chi connectivity index (χ2n) is 6.91. The van der Waals surface area contributed by atoms with Crippen molar-refractivity contribution in [2.75, 3.05) is 7.05 Å². The number of hydrogen-bond acceptors (Lipinski definition) is 4. The van der Waals surface area contributed by atoms with Crippen molar-refractivity contribution in [3.05, 3.63) is 70.2 Å². The predicted molar refractivity (Wildman–Crippen MR) is 115 cm³/mol. The fourth-order valence-electron chi connectivity index (χ4n) is 3.30. The largest absolute Gasteiger partial charge is 0.336 e. The van der Waals surface area contributed by atoms with Crippen molar-refractivity contribution in [1.82, 2.24) is 29.3 Å². The zero-order valence-electron chi connectivity index (χ0n) is 16.5. The third-order valence-corrected chi connectivity index (χ3v) is 5.57. The van der Waals surface area contributed by atoms with Gasteiger partial charge < -0.3 is 4.90 Å². The summed E-state index contributed by atoms with van der Waals surface area (Å²) in [6, 6.07) is 10.1. The lowest BCUT2D eigenvalue weighted by Gasteiger charge is -2.17. The van der Waals surface area contributed by atoms with Crippen LogP contribution in [-0.2, 0) is 13.1 Å². The SMILES string of the molecule is CCn1ncc(Br)c1CN(C)C(=O)c1cnn2c(-c3ccc(C)cc3)ccnc12. The standard InChI is InChI=1S/C21H21BrN6O/c1-4-27-19(17(22)12-24-27)13-26(3)21(29)16-11-25-28-18(9-10-23-20(16)28)15-7-5-14(2)6-8-15/h5-12H,4,13H2,1-3H3. The van der Waals surface area contributed by atoms with Crippen LogP contribution in [0.15, 0.2) is 53.4 Å². The van der Waals surface area contributed by atoms with Gasteiger partial charge in [0.15, 0.2) is 5.65 Å². The topological polar surface area (TPSA) is 68.3 Å². The highest BCUT2D eigenvalue weighted by Crippen LogP contribution is 2.23. The molecule has 0 saturated carbocycles. The fraction of sp³-hybridized carbons (Fsp3) is 0.238. The molecule has 148 valence electrons. The lowest BCUT2D eigenvalue weighted by atomic mass is 10.1. The van der Waals surface area contributed by atoms with Crippen LogP contribution in [0.1, 0.15) is 28.5 Å². The zero-order chi connectivity index (χ0) is 20.5. The number of fused-ring (bicyclic) bond motifs is 1. The van der Waals surface area contributed by atoms with Gasteiger partial charge in [-0.2, -0.15) is 10.2 Å². The molecule has 0 radical (unpaired) electrons. The first-order valence-corrected chi connectivity index (χ1v) is 10.1. The molecule has 3 aromatic heterocycles. The molecule has 0 saturated heterocycles. The average Bonchev–Trinajstić information content (AvgIpc) is 3.31. The molecular weight excluding hydrogens is 432 g/mol. The Kier molecular flexibility index (Phi) is 5.19. The van der Waals surface area contributed by atoms with E-state index in [9.17, 15) is 4.79 Å². The lowest BCUT2D eigenvalue weighted by Crippen LogP contribution is -2.27. The normalized spacial score (nSPS) is 11.2. The molecule has 3 heterocycles. The average molecular weight is 453 g/mol. The summed E-state index contributed by atoms with van der Waals surface area (Å²) >= 11 is 3.51. The highest BCUT2D eigenvalue weighted by molar-refractivity contribution is 9.10. The Bertz CT molecular complexity index is 1180. The molecule has 0 aliphatic rings. The minimum Gasteiger partial charge on any atom is -0.336 e. The second-order valence-corrected chi connectivity index (χ2v) is 7.76. The van der Waals surface area contributed by atoms with Crippen LogP contribution >= 0.6 is 15.9 Å². The summed E-state index contributed by atoms with van der Waals surface area (Å²) in [7, 11) is 1.77. The highest BCUT2D eigenvalue weighted by Gasteiger charge is 2.21. The number of amides is 1. The molecule has 0 aliphatic carbocycles. The molecule has 8 heteroatoms. The van der Waals surface area contributed by atoms with Gasteiger partial charge in [-0.25, -0.2) is 9.50 Å². The number of benzene rings is 1. The molecule has 0 aliphatic heterocycles. The van der Waals surface area contributed by atoms with E-state index < -0.39 is 0 Å². The van der Waals surface area contributed by atoms with E-state index in [0.717, 1.165) is 28.0 Å². The minimum absolute atomic E-state index is 0.135. The van der Waals surface area contributed by atoms with Crippen LogP contribution in [0.25, 0.3) is 16.9 Å². The maximum Gasteiger partial charge on any atom is 0.259 e. The number of aryl methyl sites for hydroxylation is 2. The highest BCUT2D eigenvalue weighted by atomic mass is 79.9. The van der Waals surface area contributed by atoms with Crippen molar-refractivity contribution in [3.63, 3.8) is 0 Å². The maximum atomic E-state index is 13.1. The van der Waals surface area contributed by atoms with Crippen LogP contribution in [0.4, 0.5) is 0 Å². The van der Waals surface area contributed by atoms with Crippen LogP contribution in [0, 0.1) is 6.92 Å². The van der Waals surface area contributed by atoms with Crippen molar-refractivity contribution in [2.45, 2.75) is 26.9 Å². The van der Waals surface area contributed by atoms with Gasteiger partial charge in [0.25, 0.3) is 5.91 Å². The number of rotatable bonds is 5. The number of hydrogen-bond donors (Lipinski definition) is 0. The van der Waals surface area contributed by atoms with Gasteiger partial charge in [0.2, 0.25) is 0 Å². The molecule has 1 amide bonds. The first kappa shape index (κ1) is 19.3. The summed E-state index contributed by atoms with van der Waals surface area (Å²) in [4.78, 5) is 19.2. The number of carbonyl (C=O) groups is 1. The molecule has 0 bridgehead atoms.